The second-order valence-electron chi connectivity index (χ2n) is 5.30. The maximum atomic E-state index is 11.8. The van der Waals surface area contributed by atoms with Crippen LogP contribution in [0.25, 0.3) is 10.7 Å². The number of carbonyl (C=O) groups is 1. The molecule has 0 aliphatic carbocycles. The number of nitrogens with zero attached hydrogens (tertiary/aromatic N) is 2. The van der Waals surface area contributed by atoms with Crippen molar-refractivity contribution in [3.63, 3.8) is 0 Å². The smallest absolute Gasteiger partial charge is 0.226 e. The maximum Gasteiger partial charge on any atom is 0.226 e. The molecule has 0 saturated heterocycles. The van der Waals surface area contributed by atoms with Gasteiger partial charge in [-0.3, -0.25) is 9.78 Å². The third-order valence-corrected chi connectivity index (χ3v) is 3.43. The van der Waals surface area contributed by atoms with E-state index in [0.717, 1.165) is 16.4 Å². The van der Waals surface area contributed by atoms with E-state index in [4.69, 9.17) is 5.73 Å². The molecule has 22 heavy (non-hydrogen) atoms. The zero-order valence-electron chi connectivity index (χ0n) is 12.4. The molecule has 0 spiro atoms. The summed E-state index contributed by atoms with van der Waals surface area (Å²) in [6.45, 7) is 4.19. The molecule has 0 bridgehead atoms. The van der Waals surface area contributed by atoms with Crippen LogP contribution in [0.3, 0.4) is 0 Å². The monoisotopic (exact) mass is 362 g/mol. The lowest BCUT2D eigenvalue weighted by molar-refractivity contribution is -0.120. The van der Waals surface area contributed by atoms with Gasteiger partial charge >= 0.3 is 0 Å². The van der Waals surface area contributed by atoms with E-state index >= 15 is 0 Å². The molecule has 2 aromatic rings. The predicted octanol–water partition coefficient (Wildman–Crippen LogP) is 2.44. The Morgan fingerprint density at radius 1 is 1.36 bits per heavy atom. The Morgan fingerprint density at radius 3 is 2.68 bits per heavy atom. The Balaban J connectivity index is 0.00000220. The SMILES string of the molecule is CC(C)(N)CNC(=O)Cc1csc(-c2ccccn2)n1.Cl.Cl. The van der Waals surface area contributed by atoms with Crippen molar-refractivity contribution in [1.82, 2.24) is 15.3 Å². The van der Waals surface area contributed by atoms with Crippen LogP contribution in [-0.2, 0) is 11.2 Å². The van der Waals surface area contributed by atoms with Crippen LogP contribution in [-0.4, -0.2) is 28.0 Å². The lowest BCUT2D eigenvalue weighted by atomic mass is 10.1. The van der Waals surface area contributed by atoms with Gasteiger partial charge in [-0.25, -0.2) is 4.98 Å². The molecule has 0 aliphatic rings. The molecule has 2 heterocycles. The van der Waals surface area contributed by atoms with E-state index in [2.05, 4.69) is 15.3 Å². The first-order valence-corrected chi connectivity index (χ1v) is 7.23. The van der Waals surface area contributed by atoms with Gasteiger partial charge in [0.05, 0.1) is 17.8 Å². The highest BCUT2D eigenvalue weighted by Gasteiger charge is 2.14. The van der Waals surface area contributed by atoms with Crippen molar-refractivity contribution in [1.29, 1.82) is 0 Å². The third-order valence-electron chi connectivity index (χ3n) is 2.52. The van der Waals surface area contributed by atoms with Crippen molar-refractivity contribution in [2.45, 2.75) is 25.8 Å². The molecular formula is C14H20Cl2N4OS. The number of carbonyl (C=O) groups excluding carboxylic acids is 1. The minimum absolute atomic E-state index is 0. The molecule has 0 fully saturated rings. The standard InChI is InChI=1S/C14H18N4OS.2ClH/c1-14(2,15)9-17-12(19)7-10-8-20-13(18-10)11-5-3-4-6-16-11;;/h3-6,8H,7,9,15H2,1-2H3,(H,17,19);2*1H. The van der Waals surface area contributed by atoms with E-state index < -0.39 is 5.54 Å². The lowest BCUT2D eigenvalue weighted by Gasteiger charge is -2.18. The topological polar surface area (TPSA) is 80.9 Å². The average Bonchev–Trinajstić information content (AvgIpc) is 2.85. The number of amides is 1. The summed E-state index contributed by atoms with van der Waals surface area (Å²) in [4.78, 5) is 20.5. The van der Waals surface area contributed by atoms with E-state index in [0.29, 0.717) is 6.54 Å². The molecule has 0 unspecified atom stereocenters. The van der Waals surface area contributed by atoms with Crippen molar-refractivity contribution in [3.05, 3.63) is 35.5 Å². The fraction of sp³-hybridized carbons (Fsp3) is 0.357. The lowest BCUT2D eigenvalue weighted by Crippen LogP contribution is -2.45. The predicted molar refractivity (Wildman–Crippen MR) is 94.8 cm³/mol. The van der Waals surface area contributed by atoms with Crippen LogP contribution in [0.5, 0.6) is 0 Å². The zero-order chi connectivity index (χ0) is 14.6. The second-order valence-corrected chi connectivity index (χ2v) is 6.16. The van der Waals surface area contributed by atoms with Crippen molar-refractivity contribution in [2.24, 2.45) is 5.73 Å². The minimum Gasteiger partial charge on any atom is -0.354 e. The van der Waals surface area contributed by atoms with E-state index in [-0.39, 0.29) is 37.1 Å². The highest BCUT2D eigenvalue weighted by atomic mass is 35.5. The van der Waals surface area contributed by atoms with E-state index in [1.165, 1.54) is 11.3 Å². The second kappa shape index (κ2) is 9.05. The Labute approximate surface area is 146 Å². The number of hydrogen-bond donors (Lipinski definition) is 2. The number of aromatic nitrogens is 2. The van der Waals surface area contributed by atoms with Crippen molar-refractivity contribution < 1.29 is 4.79 Å². The van der Waals surface area contributed by atoms with Crippen molar-refractivity contribution >= 4 is 42.1 Å². The summed E-state index contributed by atoms with van der Waals surface area (Å²) < 4.78 is 0. The molecule has 8 heteroatoms. The van der Waals surface area contributed by atoms with Gasteiger partial charge in [-0.1, -0.05) is 6.07 Å². The zero-order valence-corrected chi connectivity index (χ0v) is 14.9. The van der Waals surface area contributed by atoms with Gasteiger partial charge in [0.1, 0.15) is 5.01 Å². The summed E-state index contributed by atoms with van der Waals surface area (Å²) in [7, 11) is 0. The summed E-state index contributed by atoms with van der Waals surface area (Å²) >= 11 is 1.49. The molecule has 0 aliphatic heterocycles. The first-order valence-electron chi connectivity index (χ1n) is 6.35. The first kappa shape index (κ1) is 20.8. The molecule has 0 radical (unpaired) electrons. The molecule has 0 saturated carbocycles. The van der Waals surface area contributed by atoms with E-state index in [9.17, 15) is 4.79 Å². The number of halogens is 2. The Kier molecular flexibility index (Phi) is 8.55. The highest BCUT2D eigenvalue weighted by Crippen LogP contribution is 2.21. The van der Waals surface area contributed by atoms with Crippen LogP contribution in [0, 0.1) is 0 Å². The Morgan fingerprint density at radius 2 is 2.09 bits per heavy atom. The summed E-state index contributed by atoms with van der Waals surface area (Å²) in [5.41, 5.74) is 6.99. The van der Waals surface area contributed by atoms with Gasteiger partial charge in [-0.15, -0.1) is 36.2 Å². The van der Waals surface area contributed by atoms with Crippen LogP contribution in [0.1, 0.15) is 19.5 Å². The average molecular weight is 363 g/mol. The Hall–Kier alpha value is -1.21. The fourth-order valence-electron chi connectivity index (χ4n) is 1.55. The molecule has 0 atom stereocenters. The van der Waals surface area contributed by atoms with Crippen LogP contribution in [0.15, 0.2) is 29.8 Å². The minimum atomic E-state index is -0.406. The molecule has 122 valence electrons. The van der Waals surface area contributed by atoms with Gasteiger partial charge < -0.3 is 11.1 Å². The van der Waals surface area contributed by atoms with Gasteiger partial charge in [0, 0.05) is 23.7 Å². The summed E-state index contributed by atoms with van der Waals surface area (Å²) in [5, 5.41) is 5.52. The van der Waals surface area contributed by atoms with Gasteiger partial charge in [0.15, 0.2) is 0 Å². The summed E-state index contributed by atoms with van der Waals surface area (Å²) in [5.74, 6) is -0.0682. The summed E-state index contributed by atoms with van der Waals surface area (Å²) in [6.07, 6.45) is 1.99. The van der Waals surface area contributed by atoms with Crippen LogP contribution in [0.2, 0.25) is 0 Å². The molecular weight excluding hydrogens is 343 g/mol. The van der Waals surface area contributed by atoms with Gasteiger partial charge in [-0.2, -0.15) is 0 Å². The highest BCUT2D eigenvalue weighted by molar-refractivity contribution is 7.13. The summed E-state index contributed by atoms with van der Waals surface area (Å²) in [6, 6.07) is 5.68. The molecule has 2 aromatic heterocycles. The van der Waals surface area contributed by atoms with E-state index in [1.54, 1.807) is 6.20 Å². The molecule has 0 aromatic carbocycles. The quantitative estimate of drug-likeness (QED) is 0.855. The number of nitrogens with two attached hydrogens (primary N) is 1. The van der Waals surface area contributed by atoms with E-state index in [1.807, 2.05) is 37.4 Å². The maximum absolute atomic E-state index is 11.8. The van der Waals surface area contributed by atoms with Crippen LogP contribution in [0.4, 0.5) is 0 Å². The largest absolute Gasteiger partial charge is 0.354 e. The third kappa shape index (κ3) is 6.70. The number of thiazole rings is 1. The van der Waals surface area contributed by atoms with Crippen LogP contribution < -0.4 is 11.1 Å². The number of rotatable bonds is 5. The molecule has 3 N–H and O–H groups in total. The van der Waals surface area contributed by atoms with Gasteiger partial charge in [0.25, 0.3) is 0 Å². The molecule has 5 nitrogen and oxygen atoms in total. The number of hydrogen-bond acceptors (Lipinski definition) is 5. The van der Waals surface area contributed by atoms with Gasteiger partial charge in [0.2, 0.25) is 5.91 Å². The normalized spacial score (nSPS) is 10.3. The molecule has 1 amide bonds. The first-order chi connectivity index (χ1) is 9.44. The van der Waals surface area contributed by atoms with Gasteiger partial charge in [-0.05, 0) is 26.0 Å². The van der Waals surface area contributed by atoms with Crippen molar-refractivity contribution in [3.8, 4) is 10.7 Å². The van der Waals surface area contributed by atoms with Crippen LogP contribution >= 0.6 is 36.2 Å². The number of pyridine rings is 1. The Bertz CT molecular complexity index is 584. The number of nitrogens with one attached hydrogen (secondary N) is 1. The van der Waals surface area contributed by atoms with Crippen molar-refractivity contribution in [2.75, 3.05) is 6.54 Å². The fourth-order valence-corrected chi connectivity index (χ4v) is 2.34. The molecule has 2 rings (SSSR count).